The van der Waals surface area contributed by atoms with Crippen LogP contribution in [0, 0.1) is 12.7 Å². The molecule has 19 heavy (non-hydrogen) atoms. The zero-order valence-electron chi connectivity index (χ0n) is 10.9. The van der Waals surface area contributed by atoms with Crippen molar-refractivity contribution in [3.63, 3.8) is 0 Å². The fourth-order valence-corrected chi connectivity index (χ4v) is 2.34. The molecule has 0 saturated carbocycles. The highest BCUT2D eigenvalue weighted by molar-refractivity contribution is 5.32. The van der Waals surface area contributed by atoms with E-state index in [0.29, 0.717) is 6.54 Å². The smallest absolute Gasteiger partial charge is 0.123 e. The van der Waals surface area contributed by atoms with Crippen molar-refractivity contribution in [3.05, 3.63) is 71.0 Å². The van der Waals surface area contributed by atoms with Crippen LogP contribution in [-0.2, 0) is 0 Å². The van der Waals surface area contributed by atoms with Gasteiger partial charge in [-0.05, 0) is 35.7 Å². The van der Waals surface area contributed by atoms with Gasteiger partial charge in [-0.25, -0.2) is 4.39 Å². The van der Waals surface area contributed by atoms with Gasteiger partial charge in [0.25, 0.3) is 0 Å². The minimum atomic E-state index is -0.729. The molecular weight excluding hydrogens is 241 g/mol. The van der Waals surface area contributed by atoms with Gasteiger partial charge in [0.2, 0.25) is 0 Å². The molecule has 2 nitrogen and oxygen atoms in total. The highest BCUT2D eigenvalue weighted by Gasteiger charge is 2.22. The fraction of sp³-hybridized carbons (Fsp3) is 0.250. The van der Waals surface area contributed by atoms with E-state index in [1.54, 1.807) is 13.0 Å². The number of aryl methyl sites for hydroxylation is 1. The molecule has 0 fully saturated rings. The van der Waals surface area contributed by atoms with Crippen molar-refractivity contribution in [2.75, 3.05) is 6.54 Å². The molecule has 2 unspecified atom stereocenters. The molecule has 2 atom stereocenters. The number of halogens is 1. The first kappa shape index (κ1) is 13.7. The van der Waals surface area contributed by atoms with Gasteiger partial charge in [0.05, 0.1) is 6.10 Å². The summed E-state index contributed by atoms with van der Waals surface area (Å²) in [5.41, 5.74) is 8.24. The molecule has 2 aromatic carbocycles. The zero-order chi connectivity index (χ0) is 13.8. The van der Waals surface area contributed by atoms with E-state index < -0.39 is 6.10 Å². The Kier molecular flexibility index (Phi) is 4.30. The summed E-state index contributed by atoms with van der Waals surface area (Å²) in [7, 11) is 0. The fourth-order valence-electron chi connectivity index (χ4n) is 2.34. The van der Waals surface area contributed by atoms with Crippen LogP contribution in [0.25, 0.3) is 0 Å². The zero-order valence-corrected chi connectivity index (χ0v) is 10.9. The van der Waals surface area contributed by atoms with Crippen molar-refractivity contribution in [2.45, 2.75) is 18.9 Å². The van der Waals surface area contributed by atoms with Crippen LogP contribution in [0.4, 0.5) is 4.39 Å². The number of aliphatic hydroxyl groups excluding tert-OH is 1. The highest BCUT2D eigenvalue weighted by Crippen LogP contribution is 2.31. The van der Waals surface area contributed by atoms with Gasteiger partial charge in [0, 0.05) is 12.5 Å². The molecule has 3 N–H and O–H groups in total. The summed E-state index contributed by atoms with van der Waals surface area (Å²) >= 11 is 0. The maximum Gasteiger partial charge on any atom is 0.123 e. The first-order valence-corrected chi connectivity index (χ1v) is 6.32. The monoisotopic (exact) mass is 259 g/mol. The average Bonchev–Trinajstić information content (AvgIpc) is 2.40. The van der Waals surface area contributed by atoms with E-state index in [-0.39, 0.29) is 11.7 Å². The van der Waals surface area contributed by atoms with E-state index in [1.807, 2.05) is 30.3 Å². The van der Waals surface area contributed by atoms with E-state index >= 15 is 0 Å². The molecule has 3 heteroatoms. The van der Waals surface area contributed by atoms with Crippen LogP contribution in [0.15, 0.2) is 48.5 Å². The Morgan fingerprint density at radius 1 is 1.16 bits per heavy atom. The molecule has 2 aromatic rings. The van der Waals surface area contributed by atoms with Gasteiger partial charge in [0.15, 0.2) is 0 Å². The Labute approximate surface area is 112 Å². The summed E-state index contributed by atoms with van der Waals surface area (Å²) in [6.07, 6.45) is -0.729. The van der Waals surface area contributed by atoms with Crippen molar-refractivity contribution in [3.8, 4) is 0 Å². The normalized spacial score (nSPS) is 14.1. The quantitative estimate of drug-likeness (QED) is 0.886. The Morgan fingerprint density at radius 2 is 1.84 bits per heavy atom. The molecule has 0 saturated heterocycles. The van der Waals surface area contributed by atoms with Gasteiger partial charge in [-0.3, -0.25) is 0 Å². The molecule has 0 radical (unpaired) electrons. The average molecular weight is 259 g/mol. The summed E-state index contributed by atoms with van der Waals surface area (Å²) in [6, 6.07) is 14.1. The number of hydrogen-bond donors (Lipinski definition) is 2. The molecule has 0 bridgehead atoms. The van der Waals surface area contributed by atoms with E-state index in [0.717, 1.165) is 16.7 Å². The Balaban J connectivity index is 2.33. The number of hydrogen-bond acceptors (Lipinski definition) is 2. The predicted octanol–water partition coefficient (Wildman–Crippen LogP) is 2.91. The van der Waals surface area contributed by atoms with Crippen molar-refractivity contribution in [1.82, 2.24) is 0 Å². The lowest BCUT2D eigenvalue weighted by Crippen LogP contribution is -2.20. The van der Waals surface area contributed by atoms with E-state index in [1.165, 1.54) is 12.1 Å². The molecule has 100 valence electrons. The Morgan fingerprint density at radius 3 is 2.42 bits per heavy atom. The van der Waals surface area contributed by atoms with Crippen molar-refractivity contribution < 1.29 is 9.50 Å². The maximum absolute atomic E-state index is 13.1. The third-order valence-corrected chi connectivity index (χ3v) is 3.41. The van der Waals surface area contributed by atoms with Crippen LogP contribution in [0.5, 0.6) is 0 Å². The van der Waals surface area contributed by atoms with E-state index in [4.69, 9.17) is 5.73 Å². The number of nitrogens with two attached hydrogens (primary N) is 1. The van der Waals surface area contributed by atoms with Crippen LogP contribution >= 0.6 is 0 Å². The first-order chi connectivity index (χ1) is 9.13. The third kappa shape index (κ3) is 3.00. The summed E-state index contributed by atoms with van der Waals surface area (Å²) in [4.78, 5) is 0. The molecule has 0 aliphatic carbocycles. The number of benzene rings is 2. The maximum atomic E-state index is 13.1. The highest BCUT2D eigenvalue weighted by atomic mass is 19.1. The number of aliphatic hydroxyl groups is 1. The Bertz CT molecular complexity index is 542. The van der Waals surface area contributed by atoms with Crippen LogP contribution in [-0.4, -0.2) is 11.7 Å². The SMILES string of the molecule is Cc1cc(F)ccc1C(O)C(CN)c1ccccc1. The van der Waals surface area contributed by atoms with E-state index in [2.05, 4.69) is 0 Å². The molecule has 2 rings (SSSR count). The Hall–Kier alpha value is -1.71. The topological polar surface area (TPSA) is 46.2 Å². The second-order valence-corrected chi connectivity index (χ2v) is 4.70. The van der Waals surface area contributed by atoms with Gasteiger partial charge in [-0.1, -0.05) is 36.4 Å². The standard InChI is InChI=1S/C16H18FNO/c1-11-9-13(17)7-8-14(11)16(19)15(10-18)12-5-3-2-4-6-12/h2-9,15-16,19H,10,18H2,1H3. The minimum absolute atomic E-state index is 0.189. The summed E-state index contributed by atoms with van der Waals surface area (Å²) in [5.74, 6) is -0.483. The lowest BCUT2D eigenvalue weighted by Gasteiger charge is -2.23. The molecule has 0 amide bonds. The van der Waals surface area contributed by atoms with Crippen molar-refractivity contribution in [2.24, 2.45) is 5.73 Å². The molecule has 0 spiro atoms. The van der Waals surface area contributed by atoms with Crippen LogP contribution in [0.3, 0.4) is 0 Å². The molecule has 0 aromatic heterocycles. The third-order valence-electron chi connectivity index (χ3n) is 3.41. The predicted molar refractivity (Wildman–Crippen MR) is 74.3 cm³/mol. The molecule has 0 heterocycles. The summed E-state index contributed by atoms with van der Waals surface area (Å²) < 4.78 is 13.1. The minimum Gasteiger partial charge on any atom is -0.388 e. The molecule has 0 aliphatic heterocycles. The lowest BCUT2D eigenvalue weighted by atomic mass is 9.87. The second-order valence-electron chi connectivity index (χ2n) is 4.70. The van der Waals surface area contributed by atoms with Gasteiger partial charge >= 0.3 is 0 Å². The summed E-state index contributed by atoms with van der Waals surface area (Å²) in [5, 5.41) is 10.5. The largest absolute Gasteiger partial charge is 0.388 e. The van der Waals surface area contributed by atoms with Gasteiger partial charge in [-0.2, -0.15) is 0 Å². The van der Waals surface area contributed by atoms with Gasteiger partial charge < -0.3 is 10.8 Å². The van der Waals surface area contributed by atoms with Crippen molar-refractivity contribution in [1.29, 1.82) is 0 Å². The second kappa shape index (κ2) is 5.95. The van der Waals surface area contributed by atoms with Crippen LogP contribution < -0.4 is 5.73 Å². The van der Waals surface area contributed by atoms with Crippen LogP contribution in [0.1, 0.15) is 28.7 Å². The lowest BCUT2D eigenvalue weighted by molar-refractivity contribution is 0.146. The van der Waals surface area contributed by atoms with E-state index in [9.17, 15) is 9.50 Å². The van der Waals surface area contributed by atoms with Gasteiger partial charge in [0.1, 0.15) is 5.82 Å². The molecule has 0 aliphatic rings. The molecular formula is C16H18FNO. The van der Waals surface area contributed by atoms with Gasteiger partial charge in [-0.15, -0.1) is 0 Å². The van der Waals surface area contributed by atoms with Crippen LogP contribution in [0.2, 0.25) is 0 Å². The number of rotatable bonds is 4. The first-order valence-electron chi connectivity index (χ1n) is 6.32. The summed E-state index contributed by atoms with van der Waals surface area (Å²) in [6.45, 7) is 2.13. The van der Waals surface area contributed by atoms with Crippen molar-refractivity contribution >= 4 is 0 Å².